The van der Waals surface area contributed by atoms with Crippen molar-refractivity contribution in [2.24, 2.45) is 0 Å². The second-order valence-electron chi connectivity index (χ2n) is 5.12. The molecule has 4 nitrogen and oxygen atoms in total. The molecular weight excluding hydrogens is 214 g/mol. The van der Waals surface area contributed by atoms with Crippen LogP contribution in [0, 0.1) is 0 Å². The van der Waals surface area contributed by atoms with Crippen molar-refractivity contribution in [3.63, 3.8) is 0 Å². The highest BCUT2D eigenvalue weighted by atomic mass is 16.4. The highest BCUT2D eigenvalue weighted by Crippen LogP contribution is 2.14. The van der Waals surface area contributed by atoms with E-state index in [4.69, 9.17) is 4.42 Å². The van der Waals surface area contributed by atoms with Crippen LogP contribution < -0.4 is 5.32 Å². The van der Waals surface area contributed by atoms with E-state index >= 15 is 0 Å². The Morgan fingerprint density at radius 2 is 2.41 bits per heavy atom. The smallest absolute Gasteiger partial charge is 0.208 e. The second kappa shape index (κ2) is 5.65. The average molecular weight is 237 g/mol. The van der Waals surface area contributed by atoms with Crippen LogP contribution in [0.1, 0.15) is 38.8 Å². The Morgan fingerprint density at radius 1 is 1.59 bits per heavy atom. The Balaban J connectivity index is 1.81. The minimum absolute atomic E-state index is 0.563. The van der Waals surface area contributed by atoms with Gasteiger partial charge in [-0.05, 0) is 6.42 Å². The van der Waals surface area contributed by atoms with Crippen molar-refractivity contribution in [2.45, 2.75) is 52.2 Å². The molecule has 96 valence electrons. The molecule has 1 fully saturated rings. The zero-order valence-electron chi connectivity index (χ0n) is 11.1. The molecule has 0 amide bonds. The maximum absolute atomic E-state index is 5.64. The van der Waals surface area contributed by atoms with Gasteiger partial charge in [-0.1, -0.05) is 20.8 Å². The van der Waals surface area contributed by atoms with E-state index in [9.17, 15) is 0 Å². The summed E-state index contributed by atoms with van der Waals surface area (Å²) in [6.07, 6.45) is 3.99. The summed E-state index contributed by atoms with van der Waals surface area (Å²) in [6.45, 7) is 9.56. The number of hydrogen-bond acceptors (Lipinski definition) is 4. The highest BCUT2D eigenvalue weighted by Gasteiger charge is 2.23. The maximum Gasteiger partial charge on any atom is 0.208 e. The molecule has 1 aliphatic rings. The summed E-state index contributed by atoms with van der Waals surface area (Å²) in [5.74, 6) is 1.84. The Kier molecular flexibility index (Phi) is 4.18. The fourth-order valence-electron chi connectivity index (χ4n) is 2.36. The summed E-state index contributed by atoms with van der Waals surface area (Å²) in [7, 11) is 0. The van der Waals surface area contributed by atoms with Crippen LogP contribution in [0.5, 0.6) is 0 Å². The van der Waals surface area contributed by atoms with Crippen molar-refractivity contribution in [3.05, 3.63) is 17.8 Å². The fourth-order valence-corrected chi connectivity index (χ4v) is 2.36. The first-order valence-electron chi connectivity index (χ1n) is 6.59. The summed E-state index contributed by atoms with van der Waals surface area (Å²) < 4.78 is 5.64. The Labute approximate surface area is 103 Å². The van der Waals surface area contributed by atoms with Crippen LogP contribution in [0.4, 0.5) is 0 Å². The lowest BCUT2D eigenvalue weighted by Crippen LogP contribution is -2.36. The third-order valence-corrected chi connectivity index (χ3v) is 3.15. The minimum Gasteiger partial charge on any atom is -0.444 e. The molecule has 0 spiro atoms. The van der Waals surface area contributed by atoms with Gasteiger partial charge in [0.1, 0.15) is 5.76 Å². The zero-order chi connectivity index (χ0) is 12.3. The molecule has 0 saturated carbocycles. The summed E-state index contributed by atoms with van der Waals surface area (Å²) in [6, 6.07) is 1.18. The molecule has 0 aliphatic carbocycles. The molecule has 1 unspecified atom stereocenters. The monoisotopic (exact) mass is 237 g/mol. The average Bonchev–Trinajstić information content (AvgIpc) is 2.88. The van der Waals surface area contributed by atoms with Crippen molar-refractivity contribution in [2.75, 3.05) is 13.1 Å². The molecule has 17 heavy (non-hydrogen) atoms. The van der Waals surface area contributed by atoms with E-state index in [0.717, 1.165) is 37.7 Å². The number of nitrogens with one attached hydrogen (secondary N) is 1. The largest absolute Gasteiger partial charge is 0.444 e. The summed E-state index contributed by atoms with van der Waals surface area (Å²) in [5, 5.41) is 3.58. The van der Waals surface area contributed by atoms with E-state index in [-0.39, 0.29) is 0 Å². The van der Waals surface area contributed by atoms with Crippen molar-refractivity contribution < 1.29 is 4.42 Å². The molecular formula is C13H23N3O. The maximum atomic E-state index is 5.64. The summed E-state index contributed by atoms with van der Waals surface area (Å²) in [5.41, 5.74) is 0. The van der Waals surface area contributed by atoms with Gasteiger partial charge in [0.15, 0.2) is 0 Å². The first-order chi connectivity index (χ1) is 8.17. The van der Waals surface area contributed by atoms with E-state index in [1.54, 1.807) is 0 Å². The van der Waals surface area contributed by atoms with E-state index in [1.807, 2.05) is 6.20 Å². The number of hydrogen-bond donors (Lipinski definition) is 1. The molecule has 0 radical (unpaired) electrons. The topological polar surface area (TPSA) is 41.3 Å². The van der Waals surface area contributed by atoms with Crippen molar-refractivity contribution >= 4 is 0 Å². The van der Waals surface area contributed by atoms with Gasteiger partial charge >= 0.3 is 0 Å². The molecule has 0 aromatic carbocycles. The van der Waals surface area contributed by atoms with E-state index < -0.39 is 0 Å². The molecule has 1 atom stereocenters. The first-order valence-corrected chi connectivity index (χ1v) is 6.59. The van der Waals surface area contributed by atoms with E-state index in [2.05, 4.69) is 36.0 Å². The first kappa shape index (κ1) is 12.6. The van der Waals surface area contributed by atoms with Crippen molar-refractivity contribution in [1.82, 2.24) is 15.2 Å². The molecule has 2 rings (SSSR count). The summed E-state index contributed by atoms with van der Waals surface area (Å²) in [4.78, 5) is 6.72. The fraction of sp³-hybridized carbons (Fsp3) is 0.769. The van der Waals surface area contributed by atoms with Crippen LogP contribution in [-0.4, -0.2) is 35.1 Å². The number of aryl methyl sites for hydroxylation is 1. The Morgan fingerprint density at radius 3 is 3.06 bits per heavy atom. The Hall–Kier alpha value is -0.870. The van der Waals surface area contributed by atoms with Gasteiger partial charge in [0.25, 0.3) is 0 Å². The predicted octanol–water partition coefficient (Wildman–Crippen LogP) is 1.81. The number of rotatable bonds is 5. The van der Waals surface area contributed by atoms with Crippen LogP contribution in [-0.2, 0) is 13.0 Å². The van der Waals surface area contributed by atoms with Gasteiger partial charge in [0.05, 0.1) is 12.7 Å². The quantitative estimate of drug-likeness (QED) is 0.848. The number of likely N-dealkylation sites (tertiary alicyclic amines) is 1. The SMILES string of the molecule is CCc1cnc(CN2CCC(NC(C)C)C2)o1. The van der Waals surface area contributed by atoms with Gasteiger partial charge in [-0.3, -0.25) is 4.90 Å². The van der Waals surface area contributed by atoms with Gasteiger partial charge in [-0.25, -0.2) is 4.98 Å². The number of aromatic nitrogens is 1. The Bertz CT molecular complexity index is 348. The third-order valence-electron chi connectivity index (χ3n) is 3.15. The van der Waals surface area contributed by atoms with Gasteiger partial charge < -0.3 is 9.73 Å². The zero-order valence-corrected chi connectivity index (χ0v) is 11.1. The van der Waals surface area contributed by atoms with Crippen molar-refractivity contribution in [3.8, 4) is 0 Å². The molecule has 1 aliphatic heterocycles. The van der Waals surface area contributed by atoms with Crippen LogP contribution in [0.15, 0.2) is 10.6 Å². The van der Waals surface area contributed by atoms with E-state index in [0.29, 0.717) is 12.1 Å². The number of nitrogens with zero attached hydrogens (tertiary/aromatic N) is 2. The normalized spacial score (nSPS) is 21.5. The lowest BCUT2D eigenvalue weighted by atomic mass is 10.2. The molecule has 1 aromatic rings. The van der Waals surface area contributed by atoms with Crippen LogP contribution in [0.3, 0.4) is 0 Å². The summed E-state index contributed by atoms with van der Waals surface area (Å²) >= 11 is 0. The highest BCUT2D eigenvalue weighted by molar-refractivity contribution is 4.94. The number of oxazole rings is 1. The van der Waals surface area contributed by atoms with Crippen LogP contribution >= 0.6 is 0 Å². The van der Waals surface area contributed by atoms with Crippen LogP contribution in [0.2, 0.25) is 0 Å². The van der Waals surface area contributed by atoms with Gasteiger partial charge in [0.2, 0.25) is 5.89 Å². The lowest BCUT2D eigenvalue weighted by Gasteiger charge is -2.17. The molecule has 4 heteroatoms. The predicted molar refractivity (Wildman–Crippen MR) is 67.8 cm³/mol. The second-order valence-corrected chi connectivity index (χ2v) is 5.12. The van der Waals surface area contributed by atoms with Crippen molar-refractivity contribution in [1.29, 1.82) is 0 Å². The molecule has 2 heterocycles. The lowest BCUT2D eigenvalue weighted by molar-refractivity contribution is 0.278. The molecule has 1 saturated heterocycles. The molecule has 0 bridgehead atoms. The molecule has 1 aromatic heterocycles. The van der Waals surface area contributed by atoms with E-state index in [1.165, 1.54) is 6.42 Å². The third kappa shape index (κ3) is 3.54. The van der Waals surface area contributed by atoms with Gasteiger partial charge in [-0.2, -0.15) is 0 Å². The standard InChI is InChI=1S/C13H23N3O/c1-4-12-7-14-13(17-12)9-16-6-5-11(8-16)15-10(2)3/h7,10-11,15H,4-6,8-9H2,1-3H3. The minimum atomic E-state index is 0.563. The van der Waals surface area contributed by atoms with Gasteiger partial charge in [0, 0.05) is 31.6 Å². The molecule has 1 N–H and O–H groups in total. The van der Waals surface area contributed by atoms with Crippen LogP contribution in [0.25, 0.3) is 0 Å². The van der Waals surface area contributed by atoms with Gasteiger partial charge in [-0.15, -0.1) is 0 Å².